The van der Waals surface area contributed by atoms with Gasteiger partial charge >= 0.3 is 11.9 Å². The Kier molecular flexibility index (Phi) is 9.61. The van der Waals surface area contributed by atoms with Crippen molar-refractivity contribution in [3.63, 3.8) is 0 Å². The van der Waals surface area contributed by atoms with Crippen molar-refractivity contribution in [1.82, 2.24) is 0 Å². The van der Waals surface area contributed by atoms with E-state index in [0.717, 1.165) is 12.8 Å². The highest BCUT2D eigenvalue weighted by molar-refractivity contribution is 5.95. The molecule has 0 aliphatic heterocycles. The van der Waals surface area contributed by atoms with Crippen molar-refractivity contribution in [2.75, 3.05) is 13.2 Å². The summed E-state index contributed by atoms with van der Waals surface area (Å²) < 4.78 is 10.2. The number of ether oxygens (including phenoxy) is 2. The van der Waals surface area contributed by atoms with Crippen LogP contribution in [0.4, 0.5) is 0 Å². The molecular formula is C20H26O6. The molecule has 26 heavy (non-hydrogen) atoms. The van der Waals surface area contributed by atoms with Crippen LogP contribution >= 0.6 is 0 Å². The first-order valence-electron chi connectivity index (χ1n) is 8.59. The van der Waals surface area contributed by atoms with Crippen LogP contribution in [0, 0.1) is 0 Å². The summed E-state index contributed by atoms with van der Waals surface area (Å²) in [5.74, 6) is -2.09. The quantitative estimate of drug-likeness (QED) is 0.383. The standard InChI is InChI=1S/C20H26O6/c1-3-25-13-7-5-9-15-16(10-6-8-14-26-4-2)18(20(23)24)12-11-17(15)19(21)22/h3-4,11-12H,1-2,5-10,13-14H2,(H,21,22)(H,23,24). The number of carboxylic acid groups (broad SMARTS) is 2. The molecule has 0 saturated heterocycles. The van der Waals surface area contributed by atoms with Gasteiger partial charge in [-0.15, -0.1) is 0 Å². The van der Waals surface area contributed by atoms with Crippen LogP contribution in [0.3, 0.4) is 0 Å². The molecule has 1 aromatic rings. The van der Waals surface area contributed by atoms with E-state index < -0.39 is 11.9 Å². The van der Waals surface area contributed by atoms with Crippen LogP contribution in [0.25, 0.3) is 0 Å². The van der Waals surface area contributed by atoms with Crippen LogP contribution in [0.2, 0.25) is 0 Å². The SMILES string of the molecule is C=COCCCCc1c(C(=O)O)ccc(C(=O)O)c1CCCCOC=C. The number of carboxylic acids is 2. The maximum atomic E-state index is 11.6. The molecule has 2 N–H and O–H groups in total. The number of benzene rings is 1. The molecule has 0 radical (unpaired) electrons. The first-order chi connectivity index (χ1) is 12.5. The van der Waals surface area contributed by atoms with Crippen LogP contribution < -0.4 is 0 Å². The van der Waals surface area contributed by atoms with Crippen LogP contribution in [0.1, 0.15) is 57.5 Å². The molecule has 6 heteroatoms. The molecule has 1 aromatic carbocycles. The summed E-state index contributed by atoms with van der Waals surface area (Å²) in [6.45, 7) is 7.94. The lowest BCUT2D eigenvalue weighted by Crippen LogP contribution is -2.12. The normalized spacial score (nSPS) is 10.2. The Morgan fingerprint density at radius 3 is 1.50 bits per heavy atom. The highest BCUT2D eigenvalue weighted by atomic mass is 16.5. The minimum atomic E-state index is -1.05. The van der Waals surface area contributed by atoms with Gasteiger partial charge in [-0.05, 0) is 61.8 Å². The smallest absolute Gasteiger partial charge is 0.335 e. The molecule has 0 atom stereocenters. The Labute approximate surface area is 153 Å². The zero-order valence-electron chi connectivity index (χ0n) is 14.9. The summed E-state index contributed by atoms with van der Waals surface area (Å²) in [5, 5.41) is 19.0. The Bertz CT molecular complexity index is 580. The van der Waals surface area contributed by atoms with Crippen LogP contribution in [-0.2, 0) is 22.3 Å². The molecule has 0 unspecified atom stereocenters. The van der Waals surface area contributed by atoms with Gasteiger partial charge in [0.15, 0.2) is 0 Å². The van der Waals surface area contributed by atoms with Crippen molar-refractivity contribution in [1.29, 1.82) is 0 Å². The fraction of sp³-hybridized carbons (Fsp3) is 0.400. The third-order valence-corrected chi connectivity index (χ3v) is 4.01. The van der Waals surface area contributed by atoms with E-state index in [1.54, 1.807) is 0 Å². The van der Waals surface area contributed by atoms with Crippen molar-refractivity contribution in [2.24, 2.45) is 0 Å². The topological polar surface area (TPSA) is 93.1 Å². The molecular weight excluding hydrogens is 336 g/mol. The van der Waals surface area contributed by atoms with Crippen LogP contribution in [0.15, 0.2) is 37.8 Å². The third-order valence-electron chi connectivity index (χ3n) is 4.01. The van der Waals surface area contributed by atoms with Gasteiger partial charge in [-0.25, -0.2) is 9.59 Å². The molecule has 0 fully saturated rings. The number of hydrogen-bond acceptors (Lipinski definition) is 4. The highest BCUT2D eigenvalue weighted by Crippen LogP contribution is 2.24. The molecule has 6 nitrogen and oxygen atoms in total. The van der Waals surface area contributed by atoms with Gasteiger partial charge in [0, 0.05) is 0 Å². The van der Waals surface area contributed by atoms with Gasteiger partial charge in [0.1, 0.15) is 0 Å². The van der Waals surface area contributed by atoms with E-state index in [9.17, 15) is 19.8 Å². The van der Waals surface area contributed by atoms with Gasteiger partial charge < -0.3 is 19.7 Å². The second-order valence-electron chi connectivity index (χ2n) is 5.72. The predicted molar refractivity (Wildman–Crippen MR) is 98.5 cm³/mol. The summed E-state index contributed by atoms with van der Waals surface area (Å²) in [4.78, 5) is 23.2. The number of hydrogen-bond donors (Lipinski definition) is 2. The fourth-order valence-electron chi connectivity index (χ4n) is 2.81. The molecule has 0 saturated carbocycles. The van der Waals surface area contributed by atoms with E-state index in [2.05, 4.69) is 13.2 Å². The number of carbonyl (C=O) groups is 2. The fourth-order valence-corrected chi connectivity index (χ4v) is 2.81. The molecule has 0 spiro atoms. The van der Waals surface area contributed by atoms with E-state index >= 15 is 0 Å². The van der Waals surface area contributed by atoms with E-state index in [0.29, 0.717) is 50.0 Å². The van der Waals surface area contributed by atoms with Crippen molar-refractivity contribution in [2.45, 2.75) is 38.5 Å². The van der Waals surface area contributed by atoms with E-state index in [4.69, 9.17) is 9.47 Å². The van der Waals surface area contributed by atoms with Crippen LogP contribution in [-0.4, -0.2) is 35.4 Å². The molecule has 0 amide bonds. The predicted octanol–water partition coefficient (Wildman–Crippen LogP) is 4.05. The lowest BCUT2D eigenvalue weighted by molar-refractivity contribution is 0.0679. The Morgan fingerprint density at radius 1 is 0.808 bits per heavy atom. The Hall–Kier alpha value is -2.76. The maximum Gasteiger partial charge on any atom is 0.335 e. The highest BCUT2D eigenvalue weighted by Gasteiger charge is 2.20. The van der Waals surface area contributed by atoms with Gasteiger partial charge in [-0.2, -0.15) is 0 Å². The van der Waals surface area contributed by atoms with Gasteiger partial charge in [-0.1, -0.05) is 13.2 Å². The second-order valence-corrected chi connectivity index (χ2v) is 5.72. The van der Waals surface area contributed by atoms with E-state index in [1.807, 2.05) is 0 Å². The van der Waals surface area contributed by atoms with E-state index in [1.165, 1.54) is 24.7 Å². The maximum absolute atomic E-state index is 11.6. The zero-order chi connectivity index (χ0) is 19.4. The average molecular weight is 362 g/mol. The minimum absolute atomic E-state index is 0.164. The first kappa shape index (κ1) is 21.3. The Morgan fingerprint density at radius 2 is 1.19 bits per heavy atom. The molecule has 0 aliphatic carbocycles. The second kappa shape index (κ2) is 11.7. The monoisotopic (exact) mass is 362 g/mol. The van der Waals surface area contributed by atoms with Gasteiger partial charge in [0.05, 0.1) is 36.9 Å². The summed E-state index contributed by atoms with van der Waals surface area (Å²) in [7, 11) is 0. The van der Waals surface area contributed by atoms with Crippen molar-refractivity contribution in [3.05, 3.63) is 60.1 Å². The lowest BCUT2D eigenvalue weighted by atomic mass is 9.89. The van der Waals surface area contributed by atoms with Crippen molar-refractivity contribution < 1.29 is 29.3 Å². The third kappa shape index (κ3) is 6.63. The summed E-state index contributed by atoms with van der Waals surface area (Å²) in [6, 6.07) is 2.76. The molecule has 0 aromatic heterocycles. The molecule has 0 heterocycles. The molecule has 142 valence electrons. The minimum Gasteiger partial charge on any atom is -0.502 e. The first-order valence-corrected chi connectivity index (χ1v) is 8.59. The number of unbranched alkanes of at least 4 members (excludes halogenated alkanes) is 2. The zero-order valence-corrected chi connectivity index (χ0v) is 14.9. The van der Waals surface area contributed by atoms with Gasteiger partial charge in [-0.3, -0.25) is 0 Å². The van der Waals surface area contributed by atoms with E-state index in [-0.39, 0.29) is 11.1 Å². The summed E-state index contributed by atoms with van der Waals surface area (Å²) >= 11 is 0. The molecule has 1 rings (SSSR count). The molecule has 0 bridgehead atoms. The summed E-state index contributed by atoms with van der Waals surface area (Å²) in [6.07, 6.45) is 6.57. The largest absolute Gasteiger partial charge is 0.502 e. The average Bonchev–Trinajstić information content (AvgIpc) is 2.61. The summed E-state index contributed by atoms with van der Waals surface area (Å²) in [5.41, 5.74) is 1.52. The number of aromatic carboxylic acids is 2. The lowest BCUT2D eigenvalue weighted by Gasteiger charge is -2.16. The number of rotatable bonds is 14. The Balaban J connectivity index is 3.02. The van der Waals surface area contributed by atoms with Crippen molar-refractivity contribution >= 4 is 11.9 Å². The van der Waals surface area contributed by atoms with Gasteiger partial charge in [0.2, 0.25) is 0 Å². The van der Waals surface area contributed by atoms with Crippen LogP contribution in [0.5, 0.6) is 0 Å². The van der Waals surface area contributed by atoms with Crippen molar-refractivity contribution in [3.8, 4) is 0 Å². The molecule has 0 aliphatic rings. The van der Waals surface area contributed by atoms with Gasteiger partial charge in [0.25, 0.3) is 0 Å².